The van der Waals surface area contributed by atoms with Crippen molar-refractivity contribution in [1.82, 2.24) is 14.9 Å². The molecule has 1 aromatic heterocycles. The van der Waals surface area contributed by atoms with Crippen LogP contribution in [0.3, 0.4) is 0 Å². The zero-order valence-electron chi connectivity index (χ0n) is 22.4. The van der Waals surface area contributed by atoms with Crippen LogP contribution < -0.4 is 10.1 Å². The Morgan fingerprint density at radius 1 is 1.12 bits per heavy atom. The highest BCUT2D eigenvalue weighted by Crippen LogP contribution is 2.32. The molecule has 1 fully saturated rings. The Kier molecular flexibility index (Phi) is 9.92. The summed E-state index contributed by atoms with van der Waals surface area (Å²) < 4.78 is 74.0. The second-order valence-electron chi connectivity index (χ2n) is 8.93. The zero-order chi connectivity index (χ0) is 29.6. The van der Waals surface area contributed by atoms with Crippen LogP contribution in [0.1, 0.15) is 30.2 Å². The predicted molar refractivity (Wildman–Crippen MR) is 141 cm³/mol. The summed E-state index contributed by atoms with van der Waals surface area (Å²) in [6, 6.07) is 3.31. The number of carbonyl (C=O) groups is 1. The molecule has 1 aliphatic heterocycles. The van der Waals surface area contributed by atoms with Gasteiger partial charge in [0.2, 0.25) is 23.3 Å². The molecule has 1 atom stereocenters. The first-order chi connectivity index (χ1) is 19.0. The number of anilines is 1. The van der Waals surface area contributed by atoms with Crippen LogP contribution in [0.2, 0.25) is 0 Å². The first-order valence-electron chi connectivity index (χ1n) is 12.2. The van der Waals surface area contributed by atoms with Crippen molar-refractivity contribution in [1.29, 1.82) is 0 Å². The summed E-state index contributed by atoms with van der Waals surface area (Å²) in [7, 11) is 3.08. The van der Waals surface area contributed by atoms with Crippen LogP contribution in [0.4, 0.5) is 27.8 Å². The highest BCUT2D eigenvalue weighted by Gasteiger charge is 2.23. The molecule has 1 aliphatic rings. The molecule has 1 N–H and O–H groups in total. The van der Waals surface area contributed by atoms with E-state index >= 15 is 0 Å². The molecule has 4 rings (SSSR count). The van der Waals surface area contributed by atoms with Gasteiger partial charge in [0.25, 0.3) is 0 Å². The van der Waals surface area contributed by atoms with Crippen molar-refractivity contribution < 1.29 is 31.5 Å². The van der Waals surface area contributed by atoms with Gasteiger partial charge in [-0.15, -0.1) is 0 Å². The number of aryl methyl sites for hydroxylation is 1. The van der Waals surface area contributed by atoms with Gasteiger partial charge in [-0.2, -0.15) is 8.78 Å². The number of aromatic nitrogens is 2. The smallest absolute Gasteiger partial charge is 0.245 e. The lowest BCUT2D eigenvalue weighted by molar-refractivity contribution is -0.125. The summed E-state index contributed by atoms with van der Waals surface area (Å²) in [5.74, 6) is -8.11. The van der Waals surface area contributed by atoms with E-state index in [4.69, 9.17) is 4.74 Å². The summed E-state index contributed by atoms with van der Waals surface area (Å²) in [5.41, 5.74) is 1.25. The maximum Gasteiger partial charge on any atom is 0.245 e. The van der Waals surface area contributed by atoms with Gasteiger partial charge in [0, 0.05) is 44.9 Å². The normalized spacial score (nSPS) is 14.9. The van der Waals surface area contributed by atoms with Crippen LogP contribution in [-0.2, 0) is 4.79 Å². The minimum atomic E-state index is -1.73. The molecule has 3 aromatic rings. The first kappa shape index (κ1) is 30.2. The average molecular weight is 562 g/mol. The number of nitrogens with zero attached hydrogens (tertiary/aromatic N) is 4. The van der Waals surface area contributed by atoms with Crippen LogP contribution in [0.15, 0.2) is 48.2 Å². The Bertz CT molecular complexity index is 1420. The third-order valence-electron chi connectivity index (χ3n) is 6.13. The number of nitrogens with one attached hydrogen (secondary N) is 1. The lowest BCUT2D eigenvalue weighted by Crippen LogP contribution is -2.26. The molecule has 0 saturated carbocycles. The monoisotopic (exact) mass is 561 g/mol. The fourth-order valence-electron chi connectivity index (χ4n) is 4.09. The molecule has 1 saturated heterocycles. The quantitative estimate of drug-likeness (QED) is 0.178. The fraction of sp³-hybridized carbons (Fsp3) is 0.286. The Morgan fingerprint density at radius 3 is 2.33 bits per heavy atom. The Labute approximate surface area is 228 Å². The van der Waals surface area contributed by atoms with Crippen molar-refractivity contribution in [2.24, 2.45) is 10.9 Å². The van der Waals surface area contributed by atoms with E-state index in [0.717, 1.165) is 25.6 Å². The number of aliphatic imine (C=N–C) groups is 1. The molecule has 40 heavy (non-hydrogen) atoms. The zero-order valence-corrected chi connectivity index (χ0v) is 22.4. The molecule has 7 nitrogen and oxygen atoms in total. The van der Waals surface area contributed by atoms with Gasteiger partial charge in [0.1, 0.15) is 23.7 Å². The Hall–Kier alpha value is -4.35. The fourth-order valence-corrected chi connectivity index (χ4v) is 4.09. The van der Waals surface area contributed by atoms with Gasteiger partial charge in [-0.3, -0.25) is 9.79 Å². The van der Waals surface area contributed by atoms with E-state index in [1.54, 1.807) is 14.0 Å². The van der Waals surface area contributed by atoms with Gasteiger partial charge in [-0.1, -0.05) is 13.5 Å². The third kappa shape index (κ3) is 6.61. The van der Waals surface area contributed by atoms with Crippen molar-refractivity contribution in [3.05, 3.63) is 89.2 Å². The number of halogens is 5. The van der Waals surface area contributed by atoms with Crippen molar-refractivity contribution in [2.75, 3.05) is 32.5 Å². The standard InChI is InChI=1S/C20H15F5N4O.C8H13NO/c1-9-15(20(27-3)29-8-28-9)18(26-2)11-5-4-10(6-12(11)21)30-19-16(24)13(22)7-14(23)17(19)25;1-3-8(10)9-5-4-7(2)6-9/h4-8H,1-3H3,(H,27,28,29);3,7H,1,4-6H2,2H3. The van der Waals surface area contributed by atoms with Crippen LogP contribution in [0.5, 0.6) is 11.5 Å². The average Bonchev–Trinajstić information content (AvgIpc) is 3.38. The van der Waals surface area contributed by atoms with E-state index in [2.05, 4.69) is 33.8 Å². The number of hydrogen-bond donors (Lipinski definition) is 1. The van der Waals surface area contributed by atoms with Gasteiger partial charge < -0.3 is 15.0 Å². The number of rotatable bonds is 6. The molecular formula is C28H28F5N5O2. The second kappa shape index (κ2) is 13.1. The molecule has 212 valence electrons. The van der Waals surface area contributed by atoms with Crippen molar-refractivity contribution in [3.8, 4) is 11.5 Å². The van der Waals surface area contributed by atoms with Gasteiger partial charge >= 0.3 is 0 Å². The summed E-state index contributed by atoms with van der Waals surface area (Å²) >= 11 is 0. The van der Waals surface area contributed by atoms with E-state index in [1.165, 1.54) is 31.6 Å². The maximum absolute atomic E-state index is 14.8. The minimum Gasteiger partial charge on any atom is -0.451 e. The number of likely N-dealkylation sites (tertiary alicyclic amines) is 1. The number of ether oxygens (including phenoxy) is 1. The minimum absolute atomic E-state index is 0.0330. The molecule has 1 amide bonds. The first-order valence-corrected chi connectivity index (χ1v) is 12.2. The molecule has 2 heterocycles. The second-order valence-corrected chi connectivity index (χ2v) is 8.93. The van der Waals surface area contributed by atoms with E-state index in [9.17, 15) is 26.7 Å². The van der Waals surface area contributed by atoms with Crippen molar-refractivity contribution in [3.63, 3.8) is 0 Å². The summed E-state index contributed by atoms with van der Waals surface area (Å²) in [4.78, 5) is 25.1. The molecule has 12 heteroatoms. The molecule has 0 bridgehead atoms. The van der Waals surface area contributed by atoms with Gasteiger partial charge in [0.15, 0.2) is 11.6 Å². The maximum atomic E-state index is 14.8. The number of benzene rings is 2. The molecule has 0 spiro atoms. The van der Waals surface area contributed by atoms with Crippen molar-refractivity contribution >= 4 is 17.4 Å². The SMILES string of the molecule is C=CC(=O)N1CCC(C)C1.CN=C(c1ccc(Oc2c(F)c(F)cc(F)c2F)cc1F)c1c(C)ncnc1NC. The van der Waals surface area contributed by atoms with Crippen molar-refractivity contribution in [2.45, 2.75) is 20.3 Å². The van der Waals surface area contributed by atoms with Gasteiger partial charge in [-0.05, 0) is 37.5 Å². The summed E-state index contributed by atoms with van der Waals surface area (Å²) in [5, 5.41) is 2.87. The van der Waals surface area contributed by atoms with Crippen LogP contribution in [0, 0.1) is 41.9 Å². The highest BCUT2D eigenvalue weighted by molar-refractivity contribution is 6.16. The van der Waals surface area contributed by atoms with Gasteiger partial charge in [-0.25, -0.2) is 23.1 Å². The largest absolute Gasteiger partial charge is 0.451 e. The van der Waals surface area contributed by atoms with E-state index in [-0.39, 0.29) is 29.0 Å². The molecule has 2 aromatic carbocycles. The Morgan fingerprint density at radius 2 is 1.80 bits per heavy atom. The van der Waals surface area contributed by atoms with E-state index < -0.39 is 34.8 Å². The van der Waals surface area contributed by atoms with Crippen LogP contribution in [-0.4, -0.2) is 53.7 Å². The molecule has 0 radical (unpaired) electrons. The third-order valence-corrected chi connectivity index (χ3v) is 6.13. The van der Waals surface area contributed by atoms with Crippen LogP contribution in [0.25, 0.3) is 0 Å². The lowest BCUT2D eigenvalue weighted by Gasteiger charge is -2.14. The number of carbonyl (C=O) groups excluding carboxylic acids is 1. The topological polar surface area (TPSA) is 79.7 Å². The van der Waals surface area contributed by atoms with E-state index in [1.807, 2.05) is 4.90 Å². The predicted octanol–water partition coefficient (Wildman–Crippen LogP) is 5.82. The lowest BCUT2D eigenvalue weighted by atomic mass is 10.0. The molecule has 1 unspecified atom stereocenters. The summed E-state index contributed by atoms with van der Waals surface area (Å²) in [6.45, 7) is 9.12. The number of amides is 1. The Balaban J connectivity index is 0.000000371. The van der Waals surface area contributed by atoms with Gasteiger partial charge in [0.05, 0.1) is 17.0 Å². The molecule has 0 aliphatic carbocycles. The van der Waals surface area contributed by atoms with E-state index in [0.29, 0.717) is 23.0 Å². The highest BCUT2D eigenvalue weighted by atomic mass is 19.2. The van der Waals surface area contributed by atoms with Crippen LogP contribution >= 0.6 is 0 Å². The number of hydrogen-bond acceptors (Lipinski definition) is 6. The molecular weight excluding hydrogens is 533 g/mol. The summed E-state index contributed by atoms with van der Waals surface area (Å²) in [6.07, 6.45) is 3.87.